The summed E-state index contributed by atoms with van der Waals surface area (Å²) in [5, 5.41) is 2.84. The Morgan fingerprint density at radius 1 is 1.17 bits per heavy atom. The zero-order valence-electron chi connectivity index (χ0n) is 15.0. The van der Waals surface area contributed by atoms with Gasteiger partial charge in [0.25, 0.3) is 5.91 Å². The lowest BCUT2D eigenvalue weighted by atomic mass is 10.1. The topological polar surface area (TPSA) is 58.6 Å². The molecule has 0 aliphatic carbocycles. The van der Waals surface area contributed by atoms with Crippen LogP contribution in [-0.4, -0.2) is 42.1 Å². The van der Waals surface area contributed by atoms with Crippen molar-refractivity contribution in [1.82, 2.24) is 10.2 Å². The first kappa shape index (κ1) is 19.0. The van der Waals surface area contributed by atoms with Gasteiger partial charge < -0.3 is 15.0 Å². The molecule has 0 bridgehead atoms. The van der Waals surface area contributed by atoms with Gasteiger partial charge in [-0.25, -0.2) is 4.79 Å². The van der Waals surface area contributed by atoms with E-state index in [1.165, 1.54) is 0 Å². The molecule has 1 aromatic rings. The van der Waals surface area contributed by atoms with Gasteiger partial charge in [-0.2, -0.15) is 0 Å². The van der Waals surface area contributed by atoms with Crippen molar-refractivity contribution in [2.75, 3.05) is 19.6 Å². The van der Waals surface area contributed by atoms with Gasteiger partial charge in [0.1, 0.15) is 5.60 Å². The van der Waals surface area contributed by atoms with Crippen LogP contribution in [0.25, 0.3) is 0 Å². The highest BCUT2D eigenvalue weighted by Crippen LogP contribution is 2.10. The van der Waals surface area contributed by atoms with Crippen LogP contribution in [0.3, 0.4) is 0 Å². The summed E-state index contributed by atoms with van der Waals surface area (Å²) in [5.41, 5.74) is 2.35. The second-order valence-electron chi connectivity index (χ2n) is 6.61. The minimum absolute atomic E-state index is 0.131. The van der Waals surface area contributed by atoms with Crippen molar-refractivity contribution in [1.29, 1.82) is 0 Å². The number of benzene rings is 1. The van der Waals surface area contributed by atoms with Crippen molar-refractivity contribution in [2.24, 2.45) is 0 Å². The number of nitrogens with one attached hydrogen (secondary N) is 1. The van der Waals surface area contributed by atoms with Gasteiger partial charge in [0.15, 0.2) is 0 Å². The van der Waals surface area contributed by atoms with E-state index < -0.39 is 5.60 Å². The Morgan fingerprint density at radius 3 is 2.35 bits per heavy atom. The summed E-state index contributed by atoms with van der Waals surface area (Å²) in [6.07, 6.45) is -0.361. The molecule has 0 aromatic heterocycles. The van der Waals surface area contributed by atoms with E-state index in [-0.39, 0.29) is 12.0 Å². The second kappa shape index (κ2) is 7.99. The molecule has 0 fully saturated rings. The fourth-order valence-electron chi connectivity index (χ4n) is 1.99. The zero-order valence-corrected chi connectivity index (χ0v) is 15.0. The van der Waals surface area contributed by atoms with Crippen molar-refractivity contribution >= 4 is 12.0 Å². The number of nitrogens with zero attached hydrogens (tertiary/aromatic N) is 1. The number of ether oxygens (including phenoxy) is 1. The van der Waals surface area contributed by atoms with Gasteiger partial charge in [0.2, 0.25) is 0 Å². The molecule has 1 N–H and O–H groups in total. The number of carbonyl (C=O) groups excluding carboxylic acids is 2. The first-order valence-corrected chi connectivity index (χ1v) is 7.97. The average Bonchev–Trinajstić information content (AvgIpc) is 2.44. The Kier molecular flexibility index (Phi) is 6.61. The number of amides is 2. The predicted molar refractivity (Wildman–Crippen MR) is 91.7 cm³/mol. The minimum Gasteiger partial charge on any atom is -0.444 e. The molecule has 1 rings (SSSR count). The molecule has 128 valence electrons. The van der Waals surface area contributed by atoms with Crippen molar-refractivity contribution in [2.45, 2.75) is 47.1 Å². The molecule has 0 saturated carbocycles. The lowest BCUT2D eigenvalue weighted by molar-refractivity contribution is 0.0261. The maximum atomic E-state index is 12.1. The largest absolute Gasteiger partial charge is 0.444 e. The van der Waals surface area contributed by atoms with Crippen LogP contribution in [0, 0.1) is 13.8 Å². The molecule has 5 nitrogen and oxygen atoms in total. The van der Waals surface area contributed by atoms with Gasteiger partial charge >= 0.3 is 6.09 Å². The number of hydrogen-bond donors (Lipinski definition) is 1. The standard InChI is InChI=1S/C18H28N2O3/c1-7-20(17(22)23-18(4,5)6)11-10-19-16(21)15-9-8-13(2)14(3)12-15/h8-9,12H,7,10-11H2,1-6H3,(H,19,21). The van der Waals surface area contributed by atoms with Crippen molar-refractivity contribution in [3.63, 3.8) is 0 Å². The number of carbonyl (C=O) groups is 2. The van der Waals surface area contributed by atoms with E-state index in [0.717, 1.165) is 11.1 Å². The SMILES string of the molecule is CCN(CCNC(=O)c1ccc(C)c(C)c1)C(=O)OC(C)(C)C. The molecule has 1 aromatic carbocycles. The highest BCUT2D eigenvalue weighted by atomic mass is 16.6. The van der Waals surface area contributed by atoms with Gasteiger partial charge in [-0.15, -0.1) is 0 Å². The molecule has 0 heterocycles. The summed E-state index contributed by atoms with van der Waals surface area (Å²) < 4.78 is 5.34. The van der Waals surface area contributed by atoms with E-state index in [2.05, 4.69) is 5.32 Å². The van der Waals surface area contributed by atoms with E-state index in [1.807, 2.05) is 59.7 Å². The Hall–Kier alpha value is -2.04. The highest BCUT2D eigenvalue weighted by Gasteiger charge is 2.20. The Morgan fingerprint density at radius 2 is 1.83 bits per heavy atom. The van der Waals surface area contributed by atoms with Crippen LogP contribution in [0.4, 0.5) is 4.79 Å². The average molecular weight is 320 g/mol. The molecular weight excluding hydrogens is 292 g/mol. The van der Waals surface area contributed by atoms with Gasteiger partial charge in [0, 0.05) is 25.2 Å². The van der Waals surface area contributed by atoms with Crippen LogP contribution in [-0.2, 0) is 4.74 Å². The van der Waals surface area contributed by atoms with Crippen LogP contribution in [0.5, 0.6) is 0 Å². The van der Waals surface area contributed by atoms with E-state index in [1.54, 1.807) is 4.90 Å². The number of rotatable bonds is 5. The third-order valence-electron chi connectivity index (χ3n) is 3.47. The summed E-state index contributed by atoms with van der Waals surface area (Å²) >= 11 is 0. The molecule has 5 heteroatoms. The highest BCUT2D eigenvalue weighted by molar-refractivity contribution is 5.94. The summed E-state index contributed by atoms with van der Waals surface area (Å²) in [7, 11) is 0. The third-order valence-corrected chi connectivity index (χ3v) is 3.47. The number of likely N-dealkylation sites (N-methyl/N-ethyl adjacent to an activating group) is 1. The number of hydrogen-bond acceptors (Lipinski definition) is 3. The summed E-state index contributed by atoms with van der Waals surface area (Å²) in [6, 6.07) is 5.61. The molecule has 0 radical (unpaired) electrons. The van der Waals surface area contributed by atoms with Gasteiger partial charge in [-0.1, -0.05) is 6.07 Å². The van der Waals surface area contributed by atoms with Crippen molar-refractivity contribution in [3.8, 4) is 0 Å². The fourth-order valence-corrected chi connectivity index (χ4v) is 1.99. The van der Waals surface area contributed by atoms with Crippen LogP contribution in [0.1, 0.15) is 49.2 Å². The summed E-state index contributed by atoms with van der Waals surface area (Å²) in [4.78, 5) is 25.7. The zero-order chi connectivity index (χ0) is 17.6. The monoisotopic (exact) mass is 320 g/mol. The van der Waals surface area contributed by atoms with E-state index in [9.17, 15) is 9.59 Å². The molecular formula is C18H28N2O3. The molecule has 2 amide bonds. The first-order valence-electron chi connectivity index (χ1n) is 7.97. The summed E-state index contributed by atoms with van der Waals surface area (Å²) in [5.74, 6) is -0.131. The van der Waals surface area contributed by atoms with E-state index >= 15 is 0 Å². The fraction of sp³-hybridized carbons (Fsp3) is 0.556. The van der Waals surface area contributed by atoms with Crippen LogP contribution < -0.4 is 5.32 Å². The lowest BCUT2D eigenvalue weighted by Crippen LogP contribution is -2.41. The van der Waals surface area contributed by atoms with E-state index in [4.69, 9.17) is 4.74 Å². The molecule has 0 saturated heterocycles. The van der Waals surface area contributed by atoms with Crippen molar-refractivity contribution < 1.29 is 14.3 Å². The smallest absolute Gasteiger partial charge is 0.410 e. The Bertz CT molecular complexity index is 562. The van der Waals surface area contributed by atoms with Gasteiger partial charge in [-0.3, -0.25) is 4.79 Å². The maximum absolute atomic E-state index is 12.1. The van der Waals surface area contributed by atoms with Crippen molar-refractivity contribution in [3.05, 3.63) is 34.9 Å². The second-order valence-corrected chi connectivity index (χ2v) is 6.61. The molecule has 0 unspecified atom stereocenters. The lowest BCUT2D eigenvalue weighted by Gasteiger charge is -2.26. The maximum Gasteiger partial charge on any atom is 0.410 e. The van der Waals surface area contributed by atoms with Crippen LogP contribution >= 0.6 is 0 Å². The molecule has 0 atom stereocenters. The summed E-state index contributed by atoms with van der Waals surface area (Å²) in [6.45, 7) is 12.7. The molecule has 23 heavy (non-hydrogen) atoms. The normalized spacial score (nSPS) is 11.0. The quantitative estimate of drug-likeness (QED) is 0.905. The number of aryl methyl sites for hydroxylation is 2. The van der Waals surface area contributed by atoms with Gasteiger partial charge in [-0.05, 0) is 64.8 Å². The van der Waals surface area contributed by atoms with Crippen LogP contribution in [0.15, 0.2) is 18.2 Å². The van der Waals surface area contributed by atoms with E-state index in [0.29, 0.717) is 25.2 Å². The first-order chi connectivity index (χ1) is 10.6. The molecule has 0 aliphatic heterocycles. The third kappa shape index (κ3) is 6.30. The Balaban J connectivity index is 2.52. The van der Waals surface area contributed by atoms with Crippen LogP contribution in [0.2, 0.25) is 0 Å². The minimum atomic E-state index is -0.521. The molecule has 0 aliphatic rings. The Labute approximate surface area is 139 Å². The van der Waals surface area contributed by atoms with Gasteiger partial charge in [0.05, 0.1) is 0 Å². The molecule has 0 spiro atoms. The predicted octanol–water partition coefficient (Wildman–Crippen LogP) is 3.29.